The minimum atomic E-state index is 0.327. The Labute approximate surface area is 96.2 Å². The molecule has 1 aromatic heterocycles. The zero-order valence-electron chi connectivity index (χ0n) is 9.26. The van der Waals surface area contributed by atoms with Crippen molar-refractivity contribution in [3.8, 4) is 0 Å². The molecular weight excluding hydrogens is 206 g/mol. The topological polar surface area (TPSA) is 12.9 Å². The average molecular weight is 222 g/mol. The van der Waals surface area contributed by atoms with Crippen molar-refractivity contribution in [2.75, 3.05) is 0 Å². The van der Waals surface area contributed by atoms with E-state index in [4.69, 9.17) is 11.6 Å². The maximum atomic E-state index is 5.78. The van der Waals surface area contributed by atoms with Crippen molar-refractivity contribution in [1.29, 1.82) is 0 Å². The summed E-state index contributed by atoms with van der Waals surface area (Å²) >= 11 is 5.78. The molecule has 0 saturated heterocycles. The van der Waals surface area contributed by atoms with Gasteiger partial charge in [-0.05, 0) is 41.9 Å². The van der Waals surface area contributed by atoms with E-state index in [-0.39, 0.29) is 0 Å². The van der Waals surface area contributed by atoms with E-state index < -0.39 is 0 Å². The van der Waals surface area contributed by atoms with E-state index in [2.05, 4.69) is 31.0 Å². The van der Waals surface area contributed by atoms with Gasteiger partial charge in [0.05, 0.1) is 0 Å². The van der Waals surface area contributed by atoms with Crippen LogP contribution in [-0.2, 0) is 0 Å². The first-order valence-electron chi connectivity index (χ1n) is 5.40. The summed E-state index contributed by atoms with van der Waals surface area (Å²) in [6, 6.07) is 3.92. The minimum Gasteiger partial charge on any atom is -0.244 e. The van der Waals surface area contributed by atoms with E-state index in [1.165, 1.54) is 24.0 Å². The standard InChI is InChI=1S/C13H16ClN/c1-13(2)7-3-4-10(8-13)11-5-6-12(14)15-9-11/h5-6,8-9H,3-4,7H2,1-2H3. The molecule has 0 radical (unpaired) electrons. The van der Waals surface area contributed by atoms with Gasteiger partial charge >= 0.3 is 0 Å². The van der Waals surface area contributed by atoms with Crippen molar-refractivity contribution < 1.29 is 0 Å². The van der Waals surface area contributed by atoms with Crippen molar-refractivity contribution >= 4 is 17.2 Å². The SMILES string of the molecule is CC1(C)C=C(c2ccc(Cl)nc2)CCC1. The maximum Gasteiger partial charge on any atom is 0.129 e. The van der Waals surface area contributed by atoms with Crippen LogP contribution in [0.15, 0.2) is 24.4 Å². The van der Waals surface area contributed by atoms with Crippen molar-refractivity contribution in [3.63, 3.8) is 0 Å². The third kappa shape index (κ3) is 2.60. The lowest BCUT2D eigenvalue weighted by atomic mass is 9.78. The quantitative estimate of drug-likeness (QED) is 0.644. The fraction of sp³-hybridized carbons (Fsp3) is 0.462. The Hall–Kier alpha value is -0.820. The zero-order chi connectivity index (χ0) is 10.9. The molecule has 0 N–H and O–H groups in total. The molecule has 0 atom stereocenters. The molecule has 15 heavy (non-hydrogen) atoms. The van der Waals surface area contributed by atoms with Crippen molar-refractivity contribution in [1.82, 2.24) is 4.98 Å². The van der Waals surface area contributed by atoms with Crippen LogP contribution >= 0.6 is 11.6 Å². The summed E-state index contributed by atoms with van der Waals surface area (Å²) in [5.41, 5.74) is 2.95. The van der Waals surface area contributed by atoms with E-state index in [1.807, 2.05) is 12.3 Å². The molecule has 2 rings (SSSR count). The van der Waals surface area contributed by atoms with Gasteiger partial charge in [-0.25, -0.2) is 4.98 Å². The van der Waals surface area contributed by atoms with Crippen molar-refractivity contribution in [2.45, 2.75) is 33.1 Å². The number of allylic oxidation sites excluding steroid dienone is 2. The maximum absolute atomic E-state index is 5.78. The van der Waals surface area contributed by atoms with Gasteiger partial charge in [-0.1, -0.05) is 37.6 Å². The molecule has 1 heterocycles. The van der Waals surface area contributed by atoms with E-state index in [1.54, 1.807) is 0 Å². The number of hydrogen-bond acceptors (Lipinski definition) is 1. The van der Waals surface area contributed by atoms with E-state index in [0.717, 1.165) is 6.42 Å². The lowest BCUT2D eigenvalue weighted by Crippen LogP contribution is -2.12. The number of nitrogens with zero attached hydrogens (tertiary/aromatic N) is 1. The monoisotopic (exact) mass is 221 g/mol. The Kier molecular flexibility index (Phi) is 2.83. The van der Waals surface area contributed by atoms with E-state index in [0.29, 0.717) is 10.6 Å². The molecule has 0 saturated carbocycles. The molecule has 0 unspecified atom stereocenters. The first-order chi connectivity index (χ1) is 7.07. The molecule has 0 spiro atoms. The van der Waals surface area contributed by atoms with Crippen LogP contribution in [0.5, 0.6) is 0 Å². The number of aromatic nitrogens is 1. The molecule has 80 valence electrons. The summed E-state index contributed by atoms with van der Waals surface area (Å²) in [6.45, 7) is 4.57. The fourth-order valence-corrected chi connectivity index (χ4v) is 2.26. The molecule has 0 aromatic carbocycles. The van der Waals surface area contributed by atoms with Crippen LogP contribution in [0.4, 0.5) is 0 Å². The summed E-state index contributed by atoms with van der Waals surface area (Å²) in [6.07, 6.45) is 7.95. The molecule has 0 bridgehead atoms. The molecule has 1 aliphatic rings. The summed E-state index contributed by atoms with van der Waals surface area (Å²) in [4.78, 5) is 4.13. The Bertz CT molecular complexity index is 376. The zero-order valence-corrected chi connectivity index (χ0v) is 10.0. The molecular formula is C13H16ClN. The predicted molar refractivity (Wildman–Crippen MR) is 64.9 cm³/mol. The normalized spacial score (nSPS) is 19.8. The summed E-state index contributed by atoms with van der Waals surface area (Å²) in [5, 5.41) is 0.564. The van der Waals surface area contributed by atoms with Crippen LogP contribution in [0.2, 0.25) is 5.15 Å². The number of hydrogen-bond donors (Lipinski definition) is 0. The van der Waals surface area contributed by atoms with Gasteiger partial charge in [0.2, 0.25) is 0 Å². The molecule has 1 aromatic rings. The summed E-state index contributed by atoms with van der Waals surface area (Å²) in [7, 11) is 0. The molecule has 0 fully saturated rings. The van der Waals surface area contributed by atoms with Gasteiger partial charge in [0.1, 0.15) is 5.15 Å². The third-order valence-corrected chi connectivity index (χ3v) is 3.15. The molecule has 1 aliphatic carbocycles. The second-order valence-electron chi connectivity index (χ2n) is 4.88. The van der Waals surface area contributed by atoms with Gasteiger partial charge in [-0.3, -0.25) is 0 Å². The largest absolute Gasteiger partial charge is 0.244 e. The lowest BCUT2D eigenvalue weighted by Gasteiger charge is -2.27. The highest BCUT2D eigenvalue weighted by atomic mass is 35.5. The first-order valence-corrected chi connectivity index (χ1v) is 5.78. The van der Waals surface area contributed by atoms with Gasteiger partial charge in [-0.15, -0.1) is 0 Å². The number of rotatable bonds is 1. The first kappa shape index (κ1) is 10.7. The Morgan fingerprint density at radius 1 is 1.33 bits per heavy atom. The smallest absolute Gasteiger partial charge is 0.129 e. The number of pyridine rings is 1. The van der Waals surface area contributed by atoms with Crippen LogP contribution in [0, 0.1) is 5.41 Å². The second kappa shape index (κ2) is 3.97. The van der Waals surface area contributed by atoms with Gasteiger partial charge in [0.25, 0.3) is 0 Å². The van der Waals surface area contributed by atoms with Crippen LogP contribution in [-0.4, -0.2) is 4.98 Å². The molecule has 0 aliphatic heterocycles. The minimum absolute atomic E-state index is 0.327. The molecule has 2 heteroatoms. The average Bonchev–Trinajstić information content (AvgIpc) is 2.17. The molecule has 0 amide bonds. The van der Waals surface area contributed by atoms with E-state index in [9.17, 15) is 0 Å². The summed E-state index contributed by atoms with van der Waals surface area (Å²) in [5.74, 6) is 0. The van der Waals surface area contributed by atoms with Gasteiger partial charge in [0.15, 0.2) is 0 Å². The number of halogens is 1. The highest BCUT2D eigenvalue weighted by Gasteiger charge is 2.20. The Morgan fingerprint density at radius 3 is 2.73 bits per heavy atom. The van der Waals surface area contributed by atoms with Gasteiger partial charge in [0, 0.05) is 6.20 Å². The van der Waals surface area contributed by atoms with Gasteiger partial charge < -0.3 is 0 Å². The van der Waals surface area contributed by atoms with Crippen LogP contribution in [0.1, 0.15) is 38.7 Å². The second-order valence-corrected chi connectivity index (χ2v) is 5.27. The Morgan fingerprint density at radius 2 is 2.13 bits per heavy atom. The molecule has 1 nitrogen and oxygen atoms in total. The van der Waals surface area contributed by atoms with Crippen molar-refractivity contribution in [2.24, 2.45) is 5.41 Å². The summed E-state index contributed by atoms with van der Waals surface area (Å²) < 4.78 is 0. The third-order valence-electron chi connectivity index (χ3n) is 2.93. The van der Waals surface area contributed by atoms with Crippen LogP contribution in [0.3, 0.4) is 0 Å². The van der Waals surface area contributed by atoms with Crippen molar-refractivity contribution in [3.05, 3.63) is 35.1 Å². The fourth-order valence-electron chi connectivity index (χ4n) is 2.14. The Balaban J connectivity index is 2.31. The van der Waals surface area contributed by atoms with Crippen LogP contribution in [0.25, 0.3) is 5.57 Å². The highest BCUT2D eigenvalue weighted by molar-refractivity contribution is 6.29. The highest BCUT2D eigenvalue weighted by Crippen LogP contribution is 2.37. The van der Waals surface area contributed by atoms with Gasteiger partial charge in [-0.2, -0.15) is 0 Å². The lowest BCUT2D eigenvalue weighted by molar-refractivity contribution is 0.410. The predicted octanol–water partition coefficient (Wildman–Crippen LogP) is 4.33. The van der Waals surface area contributed by atoms with Crippen LogP contribution < -0.4 is 0 Å². The van der Waals surface area contributed by atoms with E-state index >= 15 is 0 Å².